The van der Waals surface area contributed by atoms with E-state index in [1.807, 2.05) is 35.7 Å². The molecular formula is C16H17N5OS. The lowest BCUT2D eigenvalue weighted by Gasteiger charge is -2.04. The van der Waals surface area contributed by atoms with Gasteiger partial charge in [-0.3, -0.25) is 4.98 Å². The summed E-state index contributed by atoms with van der Waals surface area (Å²) < 4.78 is 5.44. The standard InChI is InChI=1S/C16H17N5OS/c17-16(19-8-6-12-4-1-2-7-18-12)20-10-13-11-22-15(21-13)14-5-3-9-23-14/h1-5,7,9,11H,6,8,10H2,(H3,17,19,20). The van der Waals surface area contributed by atoms with Crippen molar-refractivity contribution in [3.05, 3.63) is 59.6 Å². The summed E-state index contributed by atoms with van der Waals surface area (Å²) in [7, 11) is 0. The number of pyridine rings is 1. The molecule has 6 nitrogen and oxygen atoms in total. The van der Waals surface area contributed by atoms with Crippen LogP contribution in [0.3, 0.4) is 0 Å². The van der Waals surface area contributed by atoms with Crippen LogP contribution in [0.4, 0.5) is 0 Å². The highest BCUT2D eigenvalue weighted by molar-refractivity contribution is 7.13. The van der Waals surface area contributed by atoms with Crippen LogP contribution in [-0.4, -0.2) is 22.5 Å². The SMILES string of the molecule is NC(=NCc1coc(-c2cccs2)n1)NCCc1ccccn1. The summed E-state index contributed by atoms with van der Waals surface area (Å²) >= 11 is 1.59. The Morgan fingerprint density at radius 3 is 3.00 bits per heavy atom. The van der Waals surface area contributed by atoms with Crippen LogP contribution in [0.15, 0.2) is 57.6 Å². The topological polar surface area (TPSA) is 89.3 Å². The number of aliphatic imine (C=N–C) groups is 1. The fraction of sp³-hybridized carbons (Fsp3) is 0.188. The highest BCUT2D eigenvalue weighted by Crippen LogP contribution is 2.23. The first-order valence-electron chi connectivity index (χ1n) is 7.23. The second-order valence-corrected chi connectivity index (χ2v) is 5.77. The molecule has 0 aliphatic rings. The number of guanidine groups is 1. The fourth-order valence-electron chi connectivity index (χ4n) is 1.98. The molecule has 0 saturated heterocycles. The van der Waals surface area contributed by atoms with Crippen molar-refractivity contribution in [2.45, 2.75) is 13.0 Å². The molecule has 7 heteroatoms. The fourth-order valence-corrected chi connectivity index (χ4v) is 2.64. The quantitative estimate of drug-likeness (QED) is 0.536. The van der Waals surface area contributed by atoms with Gasteiger partial charge in [0.15, 0.2) is 5.96 Å². The van der Waals surface area contributed by atoms with E-state index in [9.17, 15) is 0 Å². The first-order chi connectivity index (χ1) is 11.3. The molecule has 0 bridgehead atoms. The number of nitrogens with one attached hydrogen (secondary N) is 1. The van der Waals surface area contributed by atoms with Crippen molar-refractivity contribution in [3.8, 4) is 10.8 Å². The summed E-state index contributed by atoms with van der Waals surface area (Å²) in [6, 6.07) is 9.78. The maximum absolute atomic E-state index is 5.85. The minimum absolute atomic E-state index is 0.386. The largest absolute Gasteiger partial charge is 0.443 e. The van der Waals surface area contributed by atoms with Crippen LogP contribution in [-0.2, 0) is 13.0 Å². The molecule has 23 heavy (non-hydrogen) atoms. The first kappa shape index (κ1) is 15.2. The highest BCUT2D eigenvalue weighted by atomic mass is 32.1. The molecule has 0 radical (unpaired) electrons. The van der Waals surface area contributed by atoms with Gasteiger partial charge in [0.25, 0.3) is 0 Å². The number of nitrogens with zero attached hydrogens (tertiary/aromatic N) is 3. The van der Waals surface area contributed by atoms with Gasteiger partial charge < -0.3 is 15.5 Å². The van der Waals surface area contributed by atoms with Crippen molar-refractivity contribution in [2.75, 3.05) is 6.54 Å². The van der Waals surface area contributed by atoms with E-state index in [-0.39, 0.29) is 0 Å². The third kappa shape index (κ3) is 4.40. The molecule has 0 aromatic carbocycles. The van der Waals surface area contributed by atoms with Crippen molar-refractivity contribution in [1.82, 2.24) is 15.3 Å². The van der Waals surface area contributed by atoms with Gasteiger partial charge in [0.05, 0.1) is 11.4 Å². The number of aromatic nitrogens is 2. The maximum atomic E-state index is 5.85. The Kier molecular flexibility index (Phi) is 5.00. The minimum Gasteiger partial charge on any atom is -0.443 e. The molecule has 0 atom stereocenters. The average molecular weight is 327 g/mol. The molecule has 3 N–H and O–H groups in total. The van der Waals surface area contributed by atoms with Crippen LogP contribution < -0.4 is 11.1 Å². The molecule has 0 aliphatic carbocycles. The Labute approximate surface area is 138 Å². The van der Waals surface area contributed by atoms with Gasteiger partial charge >= 0.3 is 0 Å². The van der Waals surface area contributed by atoms with E-state index in [2.05, 4.69) is 20.3 Å². The zero-order chi connectivity index (χ0) is 15.9. The van der Waals surface area contributed by atoms with Crippen LogP contribution in [0.25, 0.3) is 10.8 Å². The third-order valence-corrected chi connectivity index (χ3v) is 3.97. The Morgan fingerprint density at radius 1 is 1.26 bits per heavy atom. The lowest BCUT2D eigenvalue weighted by atomic mass is 10.3. The van der Waals surface area contributed by atoms with E-state index in [4.69, 9.17) is 10.2 Å². The Balaban J connectivity index is 1.47. The smallest absolute Gasteiger partial charge is 0.236 e. The molecule has 0 unspecified atom stereocenters. The molecule has 0 fully saturated rings. The monoisotopic (exact) mass is 327 g/mol. The molecule has 0 aliphatic heterocycles. The van der Waals surface area contributed by atoms with E-state index in [0.717, 1.165) is 22.7 Å². The molecule has 0 amide bonds. The predicted octanol–water partition coefficient (Wildman–Crippen LogP) is 2.45. The summed E-state index contributed by atoms with van der Waals surface area (Å²) in [6.07, 6.45) is 4.19. The van der Waals surface area contributed by atoms with Gasteiger partial charge in [0.1, 0.15) is 12.0 Å². The molecule has 118 valence electrons. The Hall–Kier alpha value is -2.67. The van der Waals surface area contributed by atoms with Crippen molar-refractivity contribution in [3.63, 3.8) is 0 Å². The van der Waals surface area contributed by atoms with Gasteiger partial charge in [0.2, 0.25) is 5.89 Å². The molecular weight excluding hydrogens is 310 g/mol. The second-order valence-electron chi connectivity index (χ2n) is 4.82. The summed E-state index contributed by atoms with van der Waals surface area (Å²) in [6.45, 7) is 1.07. The third-order valence-electron chi connectivity index (χ3n) is 3.11. The number of oxazole rings is 1. The zero-order valence-electron chi connectivity index (χ0n) is 12.5. The van der Waals surface area contributed by atoms with Gasteiger partial charge in [-0.05, 0) is 23.6 Å². The highest BCUT2D eigenvalue weighted by Gasteiger charge is 2.07. The lowest BCUT2D eigenvalue weighted by molar-refractivity contribution is 0.574. The van der Waals surface area contributed by atoms with Crippen molar-refractivity contribution >= 4 is 17.3 Å². The zero-order valence-corrected chi connectivity index (χ0v) is 13.3. The van der Waals surface area contributed by atoms with E-state index in [1.165, 1.54) is 0 Å². The van der Waals surface area contributed by atoms with Gasteiger partial charge in [-0.15, -0.1) is 11.3 Å². The van der Waals surface area contributed by atoms with Gasteiger partial charge in [-0.25, -0.2) is 9.98 Å². The molecule has 3 aromatic rings. The van der Waals surface area contributed by atoms with Gasteiger partial charge in [0, 0.05) is 24.9 Å². The van der Waals surface area contributed by atoms with Crippen LogP contribution in [0, 0.1) is 0 Å². The number of hydrogen-bond donors (Lipinski definition) is 2. The molecule has 3 heterocycles. The van der Waals surface area contributed by atoms with Crippen LogP contribution in [0.1, 0.15) is 11.4 Å². The van der Waals surface area contributed by atoms with Crippen molar-refractivity contribution in [2.24, 2.45) is 10.7 Å². The molecule has 0 spiro atoms. The summed E-state index contributed by atoms with van der Waals surface area (Å²) in [5, 5.41) is 5.05. The predicted molar refractivity (Wildman–Crippen MR) is 91.1 cm³/mol. The average Bonchev–Trinajstić information content (AvgIpc) is 3.25. The second kappa shape index (κ2) is 7.55. The first-order valence-corrected chi connectivity index (χ1v) is 8.11. The van der Waals surface area contributed by atoms with Crippen LogP contribution in [0.2, 0.25) is 0 Å². The Bertz CT molecular complexity index is 752. The summed E-state index contributed by atoms with van der Waals surface area (Å²) in [5.74, 6) is 1.01. The van der Waals surface area contributed by atoms with E-state index in [0.29, 0.717) is 24.9 Å². The molecule has 3 rings (SSSR count). The van der Waals surface area contributed by atoms with Gasteiger partial charge in [-0.2, -0.15) is 0 Å². The van der Waals surface area contributed by atoms with Gasteiger partial charge in [-0.1, -0.05) is 12.1 Å². The lowest BCUT2D eigenvalue weighted by Crippen LogP contribution is -2.33. The minimum atomic E-state index is 0.386. The number of thiophene rings is 1. The number of hydrogen-bond acceptors (Lipinski definition) is 5. The number of rotatable bonds is 6. The molecule has 3 aromatic heterocycles. The Morgan fingerprint density at radius 2 is 2.22 bits per heavy atom. The van der Waals surface area contributed by atoms with E-state index in [1.54, 1.807) is 23.8 Å². The summed E-state index contributed by atoms with van der Waals surface area (Å²) in [5.41, 5.74) is 7.62. The maximum Gasteiger partial charge on any atom is 0.236 e. The van der Waals surface area contributed by atoms with Crippen molar-refractivity contribution in [1.29, 1.82) is 0 Å². The van der Waals surface area contributed by atoms with Crippen LogP contribution >= 0.6 is 11.3 Å². The van der Waals surface area contributed by atoms with E-state index >= 15 is 0 Å². The normalized spacial score (nSPS) is 11.6. The molecule has 0 saturated carbocycles. The number of nitrogens with two attached hydrogens (primary N) is 1. The summed E-state index contributed by atoms with van der Waals surface area (Å²) in [4.78, 5) is 13.9. The van der Waals surface area contributed by atoms with E-state index < -0.39 is 0 Å². The van der Waals surface area contributed by atoms with Crippen molar-refractivity contribution < 1.29 is 4.42 Å². The van der Waals surface area contributed by atoms with Crippen LogP contribution in [0.5, 0.6) is 0 Å².